The molecule has 1 fully saturated rings. The largest absolute Gasteiger partial charge is 0.204 e. The molecule has 1 saturated heterocycles. The van der Waals surface area contributed by atoms with Gasteiger partial charge in [0.05, 0.1) is 0 Å². The molecule has 66 valence electrons. The van der Waals surface area contributed by atoms with Crippen LogP contribution in [0.5, 0.6) is 0 Å². The minimum atomic E-state index is -0.267. The Hall–Kier alpha value is -0.240. The molecule has 1 rings (SSSR count). The van der Waals surface area contributed by atoms with E-state index in [0.29, 0.717) is 0 Å². The first kappa shape index (κ1) is 8.85. The lowest BCUT2D eigenvalue weighted by Gasteiger charge is -2.11. The monoisotopic (exact) mass is 166 g/mol. The fourth-order valence-corrected chi connectivity index (χ4v) is 0.416. The summed E-state index contributed by atoms with van der Waals surface area (Å²) in [6.45, 7) is 2.38. The molecule has 11 heavy (non-hydrogen) atoms. The first-order valence-electron chi connectivity index (χ1n) is 3.25. The van der Waals surface area contributed by atoms with Gasteiger partial charge in [0.2, 0.25) is 0 Å². The minimum absolute atomic E-state index is 0.212. The standard InChI is InChI=1S/C5H10O6/c1-5-4-8-10-6-2-3-7-11-9-5/h5H,2-4H2,1H3. The van der Waals surface area contributed by atoms with Crippen molar-refractivity contribution < 1.29 is 29.6 Å². The predicted molar refractivity (Wildman–Crippen MR) is 30.6 cm³/mol. The molecule has 0 radical (unpaired) electrons. The molecule has 1 aliphatic rings. The highest BCUT2D eigenvalue weighted by atomic mass is 17.5. The van der Waals surface area contributed by atoms with Crippen LogP contribution in [0.1, 0.15) is 6.92 Å². The maximum atomic E-state index is 4.64. The van der Waals surface area contributed by atoms with Crippen LogP contribution in [0.3, 0.4) is 0 Å². The van der Waals surface area contributed by atoms with Gasteiger partial charge in [-0.25, -0.2) is 19.6 Å². The van der Waals surface area contributed by atoms with Crippen molar-refractivity contribution in [1.82, 2.24) is 0 Å². The van der Waals surface area contributed by atoms with Gasteiger partial charge in [-0.1, -0.05) is 10.1 Å². The molecule has 0 amide bonds. The third-order valence-electron chi connectivity index (χ3n) is 0.901. The van der Waals surface area contributed by atoms with Gasteiger partial charge in [0.25, 0.3) is 0 Å². The lowest BCUT2D eigenvalue weighted by atomic mass is 10.5. The van der Waals surface area contributed by atoms with E-state index in [0.717, 1.165) is 0 Å². The van der Waals surface area contributed by atoms with Crippen molar-refractivity contribution in [2.24, 2.45) is 0 Å². The molecule has 0 aromatic carbocycles. The maximum Gasteiger partial charge on any atom is 0.120 e. The summed E-state index contributed by atoms with van der Waals surface area (Å²) < 4.78 is 0. The second-order valence-electron chi connectivity index (χ2n) is 1.97. The van der Waals surface area contributed by atoms with E-state index in [4.69, 9.17) is 0 Å². The first-order chi connectivity index (χ1) is 5.39. The first-order valence-corrected chi connectivity index (χ1v) is 3.25. The van der Waals surface area contributed by atoms with Crippen LogP contribution in [0.25, 0.3) is 0 Å². The summed E-state index contributed by atoms with van der Waals surface area (Å²) in [7, 11) is 0. The van der Waals surface area contributed by atoms with Crippen molar-refractivity contribution in [2.75, 3.05) is 19.8 Å². The van der Waals surface area contributed by atoms with Gasteiger partial charge < -0.3 is 0 Å². The SMILES string of the molecule is CC1COOOCCOOO1. The molecule has 1 unspecified atom stereocenters. The van der Waals surface area contributed by atoms with Gasteiger partial charge in [-0.2, -0.15) is 0 Å². The molecule has 1 aliphatic heterocycles. The summed E-state index contributed by atoms with van der Waals surface area (Å²) in [6.07, 6.45) is -0.267. The molecule has 1 atom stereocenters. The van der Waals surface area contributed by atoms with Crippen molar-refractivity contribution >= 4 is 0 Å². The van der Waals surface area contributed by atoms with Gasteiger partial charge in [0.1, 0.15) is 25.9 Å². The van der Waals surface area contributed by atoms with E-state index >= 15 is 0 Å². The zero-order chi connectivity index (χ0) is 7.94. The Morgan fingerprint density at radius 1 is 1.00 bits per heavy atom. The fraction of sp³-hybridized carbons (Fsp3) is 1.00. The zero-order valence-corrected chi connectivity index (χ0v) is 6.15. The molecule has 6 nitrogen and oxygen atoms in total. The fourth-order valence-electron chi connectivity index (χ4n) is 0.416. The number of rotatable bonds is 0. The molecule has 0 saturated carbocycles. The van der Waals surface area contributed by atoms with Crippen LogP contribution < -0.4 is 0 Å². The summed E-state index contributed by atoms with van der Waals surface area (Å²) >= 11 is 0. The number of hydrogen-bond donors (Lipinski definition) is 0. The predicted octanol–water partition coefficient (Wildman–Crippen LogP) is 0.148. The molecular weight excluding hydrogens is 156 g/mol. The van der Waals surface area contributed by atoms with Gasteiger partial charge in [0.15, 0.2) is 0 Å². The summed E-state index contributed by atoms with van der Waals surface area (Å²) in [5.41, 5.74) is 0. The second-order valence-corrected chi connectivity index (χ2v) is 1.97. The normalized spacial score (nSPS) is 29.7. The average molecular weight is 166 g/mol. The lowest BCUT2D eigenvalue weighted by molar-refractivity contribution is -0.571. The van der Waals surface area contributed by atoms with Crippen LogP contribution in [0.2, 0.25) is 0 Å². The van der Waals surface area contributed by atoms with Gasteiger partial charge in [-0.15, -0.1) is 0 Å². The smallest absolute Gasteiger partial charge is 0.120 e. The highest BCUT2D eigenvalue weighted by Gasteiger charge is 2.06. The summed E-state index contributed by atoms with van der Waals surface area (Å²) in [6, 6.07) is 0. The van der Waals surface area contributed by atoms with E-state index in [1.165, 1.54) is 0 Å². The van der Waals surface area contributed by atoms with Crippen molar-refractivity contribution in [3.8, 4) is 0 Å². The van der Waals surface area contributed by atoms with Crippen LogP contribution in [0, 0.1) is 0 Å². The minimum Gasteiger partial charge on any atom is -0.204 e. The molecule has 0 aromatic heterocycles. The van der Waals surface area contributed by atoms with Crippen LogP contribution >= 0.6 is 0 Å². The highest BCUT2D eigenvalue weighted by molar-refractivity contribution is 4.38. The summed E-state index contributed by atoms with van der Waals surface area (Å²) in [5.74, 6) is 0. The Kier molecular flexibility index (Phi) is 4.36. The van der Waals surface area contributed by atoms with Crippen molar-refractivity contribution in [3.63, 3.8) is 0 Å². The maximum absolute atomic E-state index is 4.64. The lowest BCUT2D eigenvalue weighted by Crippen LogP contribution is -2.20. The third-order valence-corrected chi connectivity index (χ3v) is 0.901. The third kappa shape index (κ3) is 4.25. The molecule has 0 N–H and O–H groups in total. The van der Waals surface area contributed by atoms with Crippen LogP contribution in [-0.2, 0) is 29.6 Å². The van der Waals surface area contributed by atoms with Crippen molar-refractivity contribution in [2.45, 2.75) is 13.0 Å². The highest BCUT2D eigenvalue weighted by Crippen LogP contribution is 1.97. The van der Waals surface area contributed by atoms with Crippen molar-refractivity contribution in [3.05, 3.63) is 0 Å². The Balaban J connectivity index is 2.12. The molecule has 6 heteroatoms. The van der Waals surface area contributed by atoms with Gasteiger partial charge in [-0.05, 0) is 6.92 Å². The molecule has 1 heterocycles. The Morgan fingerprint density at radius 2 is 1.73 bits per heavy atom. The molecule has 0 spiro atoms. The summed E-state index contributed by atoms with van der Waals surface area (Å²) in [4.78, 5) is 18.1. The summed E-state index contributed by atoms with van der Waals surface area (Å²) in [5, 5.41) is 8.57. The molecular formula is C5H10O6. The zero-order valence-electron chi connectivity index (χ0n) is 6.15. The van der Waals surface area contributed by atoms with E-state index in [2.05, 4.69) is 29.6 Å². The second kappa shape index (κ2) is 5.42. The van der Waals surface area contributed by atoms with E-state index in [-0.39, 0.29) is 25.9 Å². The van der Waals surface area contributed by atoms with E-state index in [1.54, 1.807) is 6.92 Å². The van der Waals surface area contributed by atoms with E-state index in [9.17, 15) is 0 Å². The van der Waals surface area contributed by atoms with E-state index in [1.807, 2.05) is 0 Å². The Morgan fingerprint density at radius 3 is 2.55 bits per heavy atom. The number of hydrogen-bond acceptors (Lipinski definition) is 6. The Bertz CT molecular complexity index is 87.0. The van der Waals surface area contributed by atoms with Gasteiger partial charge in [-0.3, -0.25) is 0 Å². The van der Waals surface area contributed by atoms with Crippen molar-refractivity contribution in [1.29, 1.82) is 0 Å². The van der Waals surface area contributed by atoms with E-state index < -0.39 is 0 Å². The van der Waals surface area contributed by atoms with Gasteiger partial charge in [0, 0.05) is 0 Å². The molecule has 0 aliphatic carbocycles. The topological polar surface area (TPSA) is 55.4 Å². The molecule has 0 bridgehead atoms. The Labute approximate surface area is 63.6 Å². The van der Waals surface area contributed by atoms with Crippen LogP contribution in [0.15, 0.2) is 0 Å². The molecule has 0 aromatic rings. The van der Waals surface area contributed by atoms with Gasteiger partial charge >= 0.3 is 0 Å². The van der Waals surface area contributed by atoms with Crippen LogP contribution in [-0.4, -0.2) is 25.9 Å². The average Bonchev–Trinajstić information content (AvgIpc) is 2.03. The van der Waals surface area contributed by atoms with Crippen LogP contribution in [0.4, 0.5) is 0 Å². The quantitative estimate of drug-likeness (QED) is 0.477.